The Morgan fingerprint density at radius 3 is 1.47 bits per heavy atom. The predicted octanol–water partition coefficient (Wildman–Crippen LogP) is 0.580. The first kappa shape index (κ1) is 11.9. The molecule has 3 heteroatoms. The fourth-order valence-corrected chi connectivity index (χ4v) is 21.5. The van der Waals surface area contributed by atoms with Crippen molar-refractivity contribution in [3.63, 3.8) is 0 Å². The van der Waals surface area contributed by atoms with Crippen LogP contribution in [0, 0.1) is 0 Å². The van der Waals surface area contributed by atoms with Gasteiger partial charge in [0.25, 0.3) is 0 Å². The molecule has 0 aromatic heterocycles. The Kier molecular flexibility index (Phi) is 5.00. The number of hydrogen-bond acceptors (Lipinski definition) is 0. The van der Waals surface area contributed by atoms with Crippen LogP contribution >= 0.6 is 0 Å². The van der Waals surface area contributed by atoms with Crippen LogP contribution in [0.15, 0.2) is 60.7 Å². The topological polar surface area (TPSA) is 0 Å². The maximum absolute atomic E-state index is 2.30. The fraction of sp³-hybridized carbons (Fsp3) is 0. The monoisotopic (exact) mass is 337 g/mol. The Labute approximate surface area is 113 Å². The van der Waals surface area contributed by atoms with Gasteiger partial charge in [-0.15, -0.1) is 0 Å². The van der Waals surface area contributed by atoms with Crippen molar-refractivity contribution in [3.05, 3.63) is 60.7 Å². The molecule has 0 bridgehead atoms. The van der Waals surface area contributed by atoms with Crippen LogP contribution in [0.1, 0.15) is 0 Å². The van der Waals surface area contributed by atoms with Gasteiger partial charge in [-0.05, 0) is 0 Å². The molecule has 2 aromatic rings. The number of hydrogen-bond donors (Lipinski definition) is 0. The van der Waals surface area contributed by atoms with Crippen molar-refractivity contribution in [1.29, 1.82) is 0 Å². The van der Waals surface area contributed by atoms with E-state index in [1.54, 1.807) is 8.92 Å². The third kappa shape index (κ3) is 3.22. The first-order chi connectivity index (χ1) is 7.42. The minimum atomic E-state index is -0.659. The number of benzene rings is 2. The quantitative estimate of drug-likeness (QED) is 0.705. The van der Waals surface area contributed by atoms with E-state index in [1.165, 1.54) is 25.4 Å². The molecule has 0 saturated heterocycles. The van der Waals surface area contributed by atoms with Crippen LogP contribution in [0.5, 0.6) is 0 Å². The van der Waals surface area contributed by atoms with E-state index in [4.69, 9.17) is 0 Å². The van der Waals surface area contributed by atoms with Crippen molar-refractivity contribution in [1.82, 2.24) is 0 Å². The SMILES string of the molecule is [Na][Se]=[Se](c1ccccc1)c1ccccc1. The zero-order valence-electron chi connectivity index (χ0n) is 8.59. The molecule has 0 fully saturated rings. The van der Waals surface area contributed by atoms with Gasteiger partial charge >= 0.3 is 115 Å². The summed E-state index contributed by atoms with van der Waals surface area (Å²) in [5, 5.41) is 0. The van der Waals surface area contributed by atoms with Gasteiger partial charge in [-0.3, -0.25) is 0 Å². The molecule has 0 unspecified atom stereocenters. The van der Waals surface area contributed by atoms with Gasteiger partial charge in [-0.25, -0.2) is 0 Å². The van der Waals surface area contributed by atoms with Crippen LogP contribution in [0.3, 0.4) is 0 Å². The van der Waals surface area contributed by atoms with Crippen LogP contribution < -0.4 is 8.92 Å². The zero-order chi connectivity index (χ0) is 10.5. The molecule has 1 radical (unpaired) electrons. The molecule has 0 atom stereocenters. The van der Waals surface area contributed by atoms with E-state index in [-0.39, 0.29) is 0 Å². The Bertz CT molecular complexity index is 410. The second-order valence-electron chi connectivity index (χ2n) is 3.06. The number of rotatable bonds is 2. The zero-order valence-corrected chi connectivity index (χ0v) is 14.0. The van der Waals surface area contributed by atoms with E-state index in [9.17, 15) is 0 Å². The summed E-state index contributed by atoms with van der Waals surface area (Å²) in [7, 11) is 0.864. The van der Waals surface area contributed by atoms with Crippen LogP contribution in [0.4, 0.5) is 0 Å². The Morgan fingerprint density at radius 1 is 0.733 bits per heavy atom. The summed E-state index contributed by atoms with van der Waals surface area (Å²) in [5.41, 5.74) is 0. The molecule has 71 valence electrons. The molecule has 2 rings (SSSR count). The van der Waals surface area contributed by atoms with E-state index in [0.29, 0.717) is 0 Å². The van der Waals surface area contributed by atoms with Crippen molar-refractivity contribution in [2.24, 2.45) is 0 Å². The van der Waals surface area contributed by atoms with E-state index in [2.05, 4.69) is 60.7 Å². The standard InChI is InChI=1S/C12H10Se2.Na/c13-14(11-7-3-1-4-8-11)12-9-5-2-6-10-12;/h1-10H;. The summed E-state index contributed by atoms with van der Waals surface area (Å²) < 4.78 is 3.19. The molecular weight excluding hydrogens is 325 g/mol. The van der Waals surface area contributed by atoms with Crippen LogP contribution in [-0.4, -0.2) is 45.1 Å². The molecule has 15 heavy (non-hydrogen) atoms. The molecule has 0 aliphatic heterocycles. The molecule has 0 heterocycles. The van der Waals surface area contributed by atoms with E-state index in [1.807, 2.05) is 0 Å². The molecule has 0 N–H and O–H groups in total. The van der Waals surface area contributed by atoms with Crippen molar-refractivity contribution >= 4 is 54.0 Å². The second-order valence-corrected chi connectivity index (χ2v) is 23.1. The van der Waals surface area contributed by atoms with E-state index >= 15 is 0 Å². The third-order valence-electron chi connectivity index (χ3n) is 2.08. The van der Waals surface area contributed by atoms with Gasteiger partial charge in [0.05, 0.1) is 0 Å². The molecule has 0 aliphatic rings. The molecule has 0 saturated carbocycles. The Morgan fingerprint density at radius 2 is 1.13 bits per heavy atom. The predicted molar refractivity (Wildman–Crippen MR) is 69.4 cm³/mol. The van der Waals surface area contributed by atoms with Crippen molar-refractivity contribution in [2.45, 2.75) is 0 Å². The van der Waals surface area contributed by atoms with Gasteiger partial charge < -0.3 is 0 Å². The van der Waals surface area contributed by atoms with E-state index < -0.39 is 11.5 Å². The molecule has 2 aromatic carbocycles. The first-order valence-corrected chi connectivity index (χ1v) is 16.8. The normalized spacial score (nSPS) is 10.3. The second kappa shape index (κ2) is 6.27. The van der Waals surface area contributed by atoms with Crippen LogP contribution in [0.2, 0.25) is 0 Å². The van der Waals surface area contributed by atoms with Crippen molar-refractivity contribution in [3.8, 4) is 0 Å². The van der Waals surface area contributed by atoms with Crippen LogP contribution in [-0.2, 0) is 0 Å². The van der Waals surface area contributed by atoms with Crippen molar-refractivity contribution < 1.29 is 0 Å². The minimum absolute atomic E-state index is 0.659. The summed E-state index contributed by atoms with van der Waals surface area (Å²) in [5.74, 6) is 0. The average Bonchev–Trinajstić information content (AvgIpc) is 2.33. The van der Waals surface area contributed by atoms with Gasteiger partial charge in [-0.1, -0.05) is 0 Å². The van der Waals surface area contributed by atoms with Gasteiger partial charge in [-0.2, -0.15) is 0 Å². The Hall–Kier alpha value is 0.479. The molecule has 0 nitrogen and oxygen atoms in total. The third-order valence-corrected chi connectivity index (χ3v) is 22.5. The van der Waals surface area contributed by atoms with Crippen LogP contribution in [0.25, 0.3) is 0 Å². The summed E-state index contributed by atoms with van der Waals surface area (Å²) in [6.45, 7) is 0. The van der Waals surface area contributed by atoms with Crippen molar-refractivity contribution in [2.75, 3.05) is 0 Å². The Balaban J connectivity index is 2.44. The van der Waals surface area contributed by atoms with Gasteiger partial charge in [0.15, 0.2) is 0 Å². The summed E-state index contributed by atoms with van der Waals surface area (Å²) in [4.78, 5) is 0. The fourth-order valence-electron chi connectivity index (χ4n) is 1.42. The summed E-state index contributed by atoms with van der Waals surface area (Å²) in [6, 6.07) is 22.1. The maximum atomic E-state index is 2.30. The van der Waals surface area contributed by atoms with Gasteiger partial charge in [0.2, 0.25) is 0 Å². The summed E-state index contributed by atoms with van der Waals surface area (Å²) in [6.07, 6.45) is 0. The molecule has 0 aliphatic carbocycles. The average molecular weight is 335 g/mol. The molecule has 0 amide bonds. The van der Waals surface area contributed by atoms with Gasteiger partial charge in [0.1, 0.15) is 0 Å². The summed E-state index contributed by atoms with van der Waals surface area (Å²) >= 11 is 0.701. The first-order valence-electron chi connectivity index (χ1n) is 4.80. The van der Waals surface area contributed by atoms with E-state index in [0.717, 1.165) is 8.15 Å². The van der Waals surface area contributed by atoms with Gasteiger partial charge in [0, 0.05) is 0 Å². The molecular formula is C12H10NaSe2. The molecule has 0 spiro atoms.